The number of alkyl halides is 3. The third-order valence-electron chi connectivity index (χ3n) is 2.54. The molecule has 0 aromatic heterocycles. The monoisotopic (exact) mass is 270 g/mol. The molecule has 0 spiro atoms. The topological polar surface area (TPSA) is 78.9 Å². The van der Waals surface area contributed by atoms with E-state index >= 15 is 0 Å². The summed E-state index contributed by atoms with van der Waals surface area (Å²) in [6.07, 6.45) is -4.51. The van der Waals surface area contributed by atoms with E-state index in [1.807, 2.05) is 0 Å². The highest BCUT2D eigenvalue weighted by molar-refractivity contribution is 5.86. The first kappa shape index (κ1) is 14.6. The normalized spacial score (nSPS) is 23.8. The highest BCUT2D eigenvalue weighted by atomic mass is 19.4. The van der Waals surface area contributed by atoms with E-state index in [0.717, 1.165) is 7.05 Å². The lowest BCUT2D eigenvalue weighted by Crippen LogP contribution is -2.58. The van der Waals surface area contributed by atoms with Gasteiger partial charge in [0.2, 0.25) is 0 Å². The van der Waals surface area contributed by atoms with Crippen molar-refractivity contribution in [1.82, 2.24) is 10.2 Å². The summed E-state index contributed by atoms with van der Waals surface area (Å²) in [7, 11) is 0.939. The Hall–Kier alpha value is -1.51. The fourth-order valence-corrected chi connectivity index (χ4v) is 1.53. The second kappa shape index (κ2) is 5.01. The molecule has 0 saturated carbocycles. The van der Waals surface area contributed by atoms with Crippen molar-refractivity contribution in [3.63, 3.8) is 0 Å². The number of aliphatic carboxylic acids is 1. The van der Waals surface area contributed by atoms with Crippen molar-refractivity contribution in [2.24, 2.45) is 0 Å². The Balaban J connectivity index is 2.65. The molecule has 1 saturated heterocycles. The van der Waals surface area contributed by atoms with Crippen LogP contribution in [0.15, 0.2) is 0 Å². The van der Waals surface area contributed by atoms with Gasteiger partial charge in [0.15, 0.2) is 5.54 Å². The van der Waals surface area contributed by atoms with E-state index in [0.29, 0.717) is 4.90 Å². The molecule has 1 unspecified atom stereocenters. The molecule has 1 atom stereocenters. The number of amides is 2. The van der Waals surface area contributed by atoms with Crippen molar-refractivity contribution < 1.29 is 32.6 Å². The summed E-state index contributed by atoms with van der Waals surface area (Å²) >= 11 is 0. The van der Waals surface area contributed by atoms with Crippen LogP contribution in [-0.4, -0.2) is 60.5 Å². The van der Waals surface area contributed by atoms with E-state index in [-0.39, 0.29) is 19.6 Å². The van der Waals surface area contributed by atoms with Gasteiger partial charge in [-0.25, -0.2) is 9.59 Å². The van der Waals surface area contributed by atoms with Crippen LogP contribution in [0.2, 0.25) is 0 Å². The van der Waals surface area contributed by atoms with Gasteiger partial charge in [0, 0.05) is 20.1 Å². The fraction of sp³-hybridized carbons (Fsp3) is 0.778. The van der Waals surface area contributed by atoms with Crippen molar-refractivity contribution in [3.8, 4) is 0 Å². The highest BCUT2D eigenvalue weighted by Crippen LogP contribution is 2.20. The van der Waals surface area contributed by atoms with Gasteiger partial charge in [-0.15, -0.1) is 0 Å². The molecule has 0 radical (unpaired) electrons. The van der Waals surface area contributed by atoms with E-state index in [2.05, 4.69) is 5.32 Å². The Morgan fingerprint density at radius 3 is 2.50 bits per heavy atom. The van der Waals surface area contributed by atoms with Crippen LogP contribution in [0, 0.1) is 0 Å². The Labute approximate surface area is 101 Å². The molecule has 18 heavy (non-hydrogen) atoms. The number of hydrogen-bond acceptors (Lipinski definition) is 3. The van der Waals surface area contributed by atoms with E-state index in [4.69, 9.17) is 9.84 Å². The molecule has 1 aliphatic heterocycles. The SMILES string of the molecule is CN(CC(F)(F)F)C(=O)NC1(C(=O)O)CCOC1. The van der Waals surface area contributed by atoms with Crippen LogP contribution >= 0.6 is 0 Å². The summed E-state index contributed by atoms with van der Waals surface area (Å²) in [6, 6.07) is -1.10. The zero-order valence-corrected chi connectivity index (χ0v) is 9.58. The molecule has 1 rings (SSSR count). The molecule has 104 valence electrons. The molecule has 1 heterocycles. The maximum atomic E-state index is 12.1. The predicted molar refractivity (Wildman–Crippen MR) is 53.0 cm³/mol. The van der Waals surface area contributed by atoms with E-state index in [9.17, 15) is 22.8 Å². The molecule has 2 N–H and O–H groups in total. The second-order valence-electron chi connectivity index (χ2n) is 4.09. The van der Waals surface area contributed by atoms with Crippen LogP contribution in [-0.2, 0) is 9.53 Å². The number of nitrogens with zero attached hydrogens (tertiary/aromatic N) is 1. The average molecular weight is 270 g/mol. The molecule has 0 aromatic carbocycles. The van der Waals surface area contributed by atoms with Crippen molar-refractivity contribution in [2.45, 2.75) is 18.1 Å². The Bertz CT molecular complexity index is 339. The van der Waals surface area contributed by atoms with E-state index in [1.165, 1.54) is 0 Å². The second-order valence-corrected chi connectivity index (χ2v) is 4.09. The third-order valence-corrected chi connectivity index (χ3v) is 2.54. The summed E-state index contributed by atoms with van der Waals surface area (Å²) < 4.78 is 41.1. The van der Waals surface area contributed by atoms with E-state index in [1.54, 1.807) is 0 Å². The fourth-order valence-electron chi connectivity index (χ4n) is 1.53. The first-order valence-electron chi connectivity index (χ1n) is 5.07. The molecule has 0 aromatic rings. The van der Waals surface area contributed by atoms with Crippen LogP contribution in [0.4, 0.5) is 18.0 Å². The highest BCUT2D eigenvalue weighted by Gasteiger charge is 2.45. The number of halogens is 3. The molecule has 0 aliphatic carbocycles. The summed E-state index contributed by atoms with van der Waals surface area (Å²) in [5.41, 5.74) is -1.64. The lowest BCUT2D eigenvalue weighted by molar-refractivity contribution is -0.144. The number of carboxylic acid groups (broad SMARTS) is 1. The zero-order valence-electron chi connectivity index (χ0n) is 9.58. The minimum atomic E-state index is -4.53. The first-order valence-corrected chi connectivity index (χ1v) is 5.07. The van der Waals surface area contributed by atoms with Crippen LogP contribution in [0.25, 0.3) is 0 Å². The van der Waals surface area contributed by atoms with Gasteiger partial charge < -0.3 is 20.1 Å². The van der Waals surface area contributed by atoms with Gasteiger partial charge in [0.1, 0.15) is 6.54 Å². The van der Waals surface area contributed by atoms with Gasteiger partial charge in [-0.2, -0.15) is 13.2 Å². The van der Waals surface area contributed by atoms with Gasteiger partial charge in [0.05, 0.1) is 6.61 Å². The minimum Gasteiger partial charge on any atom is -0.479 e. The maximum absolute atomic E-state index is 12.1. The number of carbonyl (C=O) groups is 2. The van der Waals surface area contributed by atoms with Gasteiger partial charge >= 0.3 is 18.2 Å². The van der Waals surface area contributed by atoms with Crippen LogP contribution < -0.4 is 5.32 Å². The minimum absolute atomic E-state index is 0.0218. The van der Waals surface area contributed by atoms with Crippen molar-refractivity contribution >= 4 is 12.0 Å². The summed E-state index contributed by atoms with van der Waals surface area (Å²) in [6.45, 7) is -1.57. The van der Waals surface area contributed by atoms with Gasteiger partial charge in [-0.3, -0.25) is 0 Å². The molecule has 6 nitrogen and oxygen atoms in total. The number of carboxylic acids is 1. The Kier molecular flexibility index (Phi) is 4.05. The third kappa shape index (κ3) is 3.49. The number of nitrogens with one attached hydrogen (secondary N) is 1. The van der Waals surface area contributed by atoms with Gasteiger partial charge in [-0.05, 0) is 0 Å². The number of rotatable bonds is 3. The largest absolute Gasteiger partial charge is 0.479 e. The molecule has 9 heteroatoms. The standard InChI is InChI=1S/C9H13F3N2O4/c1-14(4-9(10,11)12)7(17)13-8(6(15)16)2-3-18-5-8/h2-5H2,1H3,(H,13,17)(H,15,16). The van der Waals surface area contributed by atoms with Crippen molar-refractivity contribution in [3.05, 3.63) is 0 Å². The van der Waals surface area contributed by atoms with E-state index < -0.39 is 30.3 Å². The van der Waals surface area contributed by atoms with Crippen molar-refractivity contribution in [1.29, 1.82) is 0 Å². The zero-order chi connectivity index (χ0) is 14.0. The summed E-state index contributed by atoms with van der Waals surface area (Å²) in [5.74, 6) is -1.33. The average Bonchev–Trinajstić information content (AvgIpc) is 2.64. The Morgan fingerprint density at radius 1 is 1.50 bits per heavy atom. The number of ether oxygens (including phenoxy) is 1. The predicted octanol–water partition coefficient (Wildman–Crippen LogP) is 0.434. The quantitative estimate of drug-likeness (QED) is 0.779. The number of carbonyl (C=O) groups excluding carboxylic acids is 1. The van der Waals surface area contributed by atoms with Crippen LogP contribution in [0.5, 0.6) is 0 Å². The van der Waals surface area contributed by atoms with Crippen LogP contribution in [0.1, 0.15) is 6.42 Å². The lowest BCUT2D eigenvalue weighted by Gasteiger charge is -2.27. The molecular weight excluding hydrogens is 257 g/mol. The Morgan fingerprint density at radius 2 is 2.11 bits per heavy atom. The van der Waals surface area contributed by atoms with Gasteiger partial charge in [0.25, 0.3) is 0 Å². The lowest BCUT2D eigenvalue weighted by atomic mass is 9.99. The van der Waals surface area contributed by atoms with Crippen molar-refractivity contribution in [2.75, 3.05) is 26.8 Å². The molecule has 2 amide bonds. The smallest absolute Gasteiger partial charge is 0.406 e. The first-order chi connectivity index (χ1) is 8.16. The molecule has 1 fully saturated rings. The molecule has 1 aliphatic rings. The number of urea groups is 1. The summed E-state index contributed by atoms with van der Waals surface area (Å²) in [4.78, 5) is 22.9. The molecule has 0 bridgehead atoms. The molecular formula is C9H13F3N2O4. The number of hydrogen-bond donors (Lipinski definition) is 2. The maximum Gasteiger partial charge on any atom is 0.406 e. The van der Waals surface area contributed by atoms with Crippen LogP contribution in [0.3, 0.4) is 0 Å². The van der Waals surface area contributed by atoms with Gasteiger partial charge in [-0.1, -0.05) is 0 Å². The summed E-state index contributed by atoms with van der Waals surface area (Å²) in [5, 5.41) is 11.1.